The lowest BCUT2D eigenvalue weighted by Gasteiger charge is -2.29. The van der Waals surface area contributed by atoms with E-state index in [0.29, 0.717) is 42.7 Å². The number of fused-ring (bicyclic) bond motifs is 8. The SMILES string of the molecule is O=C1N[C@H]2CCCCCC=C[C@@H]3C[C@@]3(C(=O)NS(=O)(=O)C3CC3)NC(=O)[C@@H]3C[C@H](CN3C2=O)NC(=O)c2cccc(n2)-c2cccc(c2)OCC#CCO1. The van der Waals surface area contributed by atoms with E-state index < -0.39 is 74.6 Å². The normalized spacial score (nSPS) is 27.7. The second-order valence-electron chi connectivity index (χ2n) is 14.3. The molecular formula is C38H42N6O9S. The first kappa shape index (κ1) is 36.9. The van der Waals surface area contributed by atoms with Gasteiger partial charge >= 0.3 is 6.09 Å². The molecule has 2 aliphatic carbocycles. The average molecular weight is 759 g/mol. The van der Waals surface area contributed by atoms with Gasteiger partial charge in [0.1, 0.15) is 35.7 Å². The highest BCUT2D eigenvalue weighted by molar-refractivity contribution is 7.91. The fraction of sp³-hybridized carbons (Fsp3) is 0.474. The van der Waals surface area contributed by atoms with Crippen molar-refractivity contribution in [2.45, 2.75) is 86.7 Å². The predicted molar refractivity (Wildman–Crippen MR) is 194 cm³/mol. The van der Waals surface area contributed by atoms with E-state index in [1.54, 1.807) is 36.4 Å². The maximum atomic E-state index is 14.4. The largest absolute Gasteiger partial charge is 0.481 e. The Balaban J connectivity index is 1.20. The quantitative estimate of drug-likeness (QED) is 0.265. The van der Waals surface area contributed by atoms with E-state index in [2.05, 4.69) is 37.5 Å². The molecule has 2 saturated carbocycles. The molecule has 284 valence electrons. The Morgan fingerprint density at radius 3 is 2.54 bits per heavy atom. The van der Waals surface area contributed by atoms with Crippen LogP contribution in [0.2, 0.25) is 0 Å². The molecule has 7 rings (SSSR count). The Kier molecular flexibility index (Phi) is 10.6. The molecule has 5 atom stereocenters. The lowest BCUT2D eigenvalue weighted by molar-refractivity contribution is -0.141. The van der Waals surface area contributed by atoms with Crippen LogP contribution in [0.1, 0.15) is 68.3 Å². The molecule has 54 heavy (non-hydrogen) atoms. The van der Waals surface area contributed by atoms with E-state index in [0.717, 1.165) is 12.8 Å². The number of benzene rings is 1. The number of amides is 5. The Morgan fingerprint density at radius 1 is 0.944 bits per heavy atom. The zero-order chi connectivity index (χ0) is 37.9. The summed E-state index contributed by atoms with van der Waals surface area (Å²) < 4.78 is 38.8. The number of nitrogens with one attached hydrogen (secondary N) is 4. The number of sulfonamides is 1. The smallest absolute Gasteiger partial charge is 0.408 e. The predicted octanol–water partition coefficient (Wildman–Crippen LogP) is 1.94. The zero-order valence-corrected chi connectivity index (χ0v) is 30.4. The van der Waals surface area contributed by atoms with Crippen LogP contribution in [-0.2, 0) is 29.1 Å². The molecule has 15 nitrogen and oxygen atoms in total. The Hall–Kier alpha value is -5.43. The van der Waals surface area contributed by atoms with E-state index in [-0.39, 0.29) is 44.7 Å². The van der Waals surface area contributed by atoms with Crippen LogP contribution in [0.15, 0.2) is 54.6 Å². The van der Waals surface area contributed by atoms with Gasteiger partial charge in [-0.2, -0.15) is 0 Å². The van der Waals surface area contributed by atoms with Crippen LogP contribution in [0.25, 0.3) is 11.3 Å². The number of cyclic esters (lactones) is 1. The van der Waals surface area contributed by atoms with Gasteiger partial charge in [-0.3, -0.25) is 23.9 Å². The highest BCUT2D eigenvalue weighted by Gasteiger charge is 2.62. The van der Waals surface area contributed by atoms with Crippen LogP contribution >= 0.6 is 0 Å². The second-order valence-corrected chi connectivity index (χ2v) is 16.2. The Morgan fingerprint density at radius 2 is 1.72 bits per heavy atom. The molecule has 3 aliphatic heterocycles. The van der Waals surface area contributed by atoms with Gasteiger partial charge in [0, 0.05) is 24.1 Å². The number of aromatic nitrogens is 1. The van der Waals surface area contributed by atoms with Crippen molar-refractivity contribution in [2.24, 2.45) is 5.92 Å². The molecule has 5 amide bonds. The number of carbonyl (C=O) groups excluding carboxylic acids is 5. The summed E-state index contributed by atoms with van der Waals surface area (Å²) in [6.45, 7) is -0.330. The van der Waals surface area contributed by atoms with Gasteiger partial charge in [0.2, 0.25) is 21.8 Å². The molecule has 0 radical (unpaired) electrons. The number of hydrogen-bond donors (Lipinski definition) is 4. The number of hydrogen-bond acceptors (Lipinski definition) is 10. The summed E-state index contributed by atoms with van der Waals surface area (Å²) in [5.74, 6) is 2.98. The van der Waals surface area contributed by atoms with Gasteiger partial charge in [-0.1, -0.05) is 55.0 Å². The molecular weight excluding hydrogens is 717 g/mol. The van der Waals surface area contributed by atoms with Gasteiger partial charge in [-0.05, 0) is 69.2 Å². The van der Waals surface area contributed by atoms with Crippen molar-refractivity contribution < 1.29 is 41.9 Å². The Labute approximate surface area is 313 Å². The first-order chi connectivity index (χ1) is 26.0. The molecule has 5 aliphatic rings. The van der Waals surface area contributed by atoms with E-state index in [9.17, 15) is 32.4 Å². The van der Waals surface area contributed by atoms with Crippen LogP contribution < -0.4 is 25.4 Å². The molecule has 1 aromatic carbocycles. The first-order valence-electron chi connectivity index (χ1n) is 18.3. The van der Waals surface area contributed by atoms with Gasteiger partial charge < -0.3 is 30.3 Å². The standard InChI is InChI=1S/C38H42N6O9S/c45-33-30-15-9-14-29(40-30)24-10-8-12-27(20-24)52-18-6-7-19-53-37(49)41-31-13-5-3-1-2-4-11-25-22-38(25,36(48)43-54(50,51)28-16-17-28)42-34(46)32-21-26(39-33)23-44(32)35(31)47/h4,8-12,14-15,20,25-26,28,31-32H,1-3,5,13,16-19,21-23H2,(H,39,45)(H,41,49)(H,42,46)(H,43,48)/t25-,26-,31+,32+,38-/m1/s1. The van der Waals surface area contributed by atoms with E-state index in [4.69, 9.17) is 9.47 Å². The highest BCUT2D eigenvalue weighted by atomic mass is 32.2. The topological polar surface area (TPSA) is 202 Å². The van der Waals surface area contributed by atoms with Crippen LogP contribution in [0.5, 0.6) is 5.75 Å². The summed E-state index contributed by atoms with van der Waals surface area (Å²) in [5, 5.41) is 7.74. The zero-order valence-electron chi connectivity index (χ0n) is 29.5. The highest BCUT2D eigenvalue weighted by Crippen LogP contribution is 2.46. The average Bonchev–Trinajstić information content (AvgIpc) is 4.08. The van der Waals surface area contributed by atoms with Crippen LogP contribution in [-0.4, -0.2) is 96.7 Å². The van der Waals surface area contributed by atoms with E-state index >= 15 is 0 Å². The molecule has 2 aromatic rings. The number of allylic oxidation sites excluding steroid dienone is 1. The molecule has 16 heteroatoms. The summed E-state index contributed by atoms with van der Waals surface area (Å²) in [4.78, 5) is 74.7. The van der Waals surface area contributed by atoms with E-state index in [1.807, 2.05) is 18.2 Å². The molecule has 4 heterocycles. The number of alkyl carbamates (subject to hydrolysis) is 1. The number of rotatable bonds is 3. The Bertz CT molecular complexity index is 2040. The lowest BCUT2D eigenvalue weighted by atomic mass is 10.0. The van der Waals surface area contributed by atoms with Crippen molar-refractivity contribution in [3.8, 4) is 28.8 Å². The van der Waals surface area contributed by atoms with Gasteiger partial charge in [-0.25, -0.2) is 18.2 Å². The number of pyridine rings is 1. The van der Waals surface area contributed by atoms with Gasteiger partial charge in [0.15, 0.2) is 6.61 Å². The summed E-state index contributed by atoms with van der Waals surface area (Å²) in [6.07, 6.45) is 6.91. The summed E-state index contributed by atoms with van der Waals surface area (Å²) in [5.41, 5.74) is -0.223. The molecule has 1 aromatic heterocycles. The molecule has 1 saturated heterocycles. The third kappa shape index (κ3) is 8.36. The van der Waals surface area contributed by atoms with Gasteiger partial charge in [0.25, 0.3) is 11.8 Å². The fourth-order valence-electron chi connectivity index (χ4n) is 7.14. The minimum Gasteiger partial charge on any atom is -0.481 e. The van der Waals surface area contributed by atoms with E-state index in [1.165, 1.54) is 4.90 Å². The van der Waals surface area contributed by atoms with Crippen molar-refractivity contribution in [1.82, 2.24) is 30.6 Å². The summed E-state index contributed by atoms with van der Waals surface area (Å²) >= 11 is 0. The molecule has 3 fully saturated rings. The maximum absolute atomic E-state index is 14.4. The first-order valence-corrected chi connectivity index (χ1v) is 19.8. The minimum atomic E-state index is -3.91. The summed E-state index contributed by atoms with van der Waals surface area (Å²) in [6, 6.07) is 9.16. The van der Waals surface area contributed by atoms with Gasteiger partial charge in [0.05, 0.1) is 10.9 Å². The summed E-state index contributed by atoms with van der Waals surface area (Å²) in [7, 11) is -3.91. The molecule has 0 unspecified atom stereocenters. The third-order valence-corrected chi connectivity index (χ3v) is 12.2. The van der Waals surface area contributed by atoms with Crippen LogP contribution in [0.4, 0.5) is 4.79 Å². The fourth-order valence-corrected chi connectivity index (χ4v) is 8.50. The number of nitrogens with zero attached hydrogens (tertiary/aromatic N) is 2. The molecule has 7 bridgehead atoms. The third-order valence-electron chi connectivity index (χ3n) is 10.3. The second kappa shape index (κ2) is 15.5. The van der Waals surface area contributed by atoms with Crippen LogP contribution in [0, 0.1) is 17.8 Å². The van der Waals surface area contributed by atoms with Gasteiger partial charge in [-0.15, -0.1) is 0 Å². The number of ether oxygens (including phenoxy) is 2. The minimum absolute atomic E-state index is 0.0143. The van der Waals surface area contributed by atoms with Crippen molar-refractivity contribution in [1.29, 1.82) is 0 Å². The lowest BCUT2D eigenvalue weighted by Crippen LogP contribution is -2.58. The van der Waals surface area contributed by atoms with Crippen molar-refractivity contribution in [3.05, 3.63) is 60.3 Å². The van der Waals surface area contributed by atoms with Crippen LogP contribution in [0.3, 0.4) is 0 Å². The number of carbonyl (C=O) groups is 5. The maximum Gasteiger partial charge on any atom is 0.408 e. The van der Waals surface area contributed by atoms with Crippen molar-refractivity contribution in [3.63, 3.8) is 0 Å². The monoisotopic (exact) mass is 758 g/mol. The molecule has 0 spiro atoms. The van der Waals surface area contributed by atoms with Crippen molar-refractivity contribution in [2.75, 3.05) is 19.8 Å². The molecule has 4 N–H and O–H groups in total. The van der Waals surface area contributed by atoms with Crippen molar-refractivity contribution >= 4 is 39.7 Å².